The lowest BCUT2D eigenvalue weighted by Gasteiger charge is -2.28. The first-order valence-corrected chi connectivity index (χ1v) is 9.99. The van der Waals surface area contributed by atoms with Crippen molar-refractivity contribution in [2.75, 3.05) is 26.2 Å². The summed E-state index contributed by atoms with van der Waals surface area (Å²) in [6.45, 7) is 8.06. The minimum Gasteiger partial charge on any atom is -0.481 e. The third kappa shape index (κ3) is 3.14. The molecule has 2 atom stereocenters. The Morgan fingerprint density at radius 3 is 2.73 bits per heavy atom. The van der Waals surface area contributed by atoms with Crippen molar-refractivity contribution in [2.45, 2.75) is 58.0 Å². The van der Waals surface area contributed by atoms with Crippen LogP contribution in [0.5, 0.6) is 0 Å². The van der Waals surface area contributed by atoms with E-state index in [9.17, 15) is 9.90 Å². The highest BCUT2D eigenvalue weighted by Crippen LogP contribution is 2.45. The molecule has 3 aliphatic rings. The van der Waals surface area contributed by atoms with Crippen LogP contribution in [0.2, 0.25) is 0 Å². The van der Waals surface area contributed by atoms with Gasteiger partial charge in [0.05, 0.1) is 11.1 Å². The van der Waals surface area contributed by atoms with Gasteiger partial charge in [0.2, 0.25) is 0 Å². The molecule has 1 saturated carbocycles. The Balaban J connectivity index is 1.46. The number of carboxylic acid groups (broad SMARTS) is 1. The van der Waals surface area contributed by atoms with Gasteiger partial charge in [-0.05, 0) is 18.9 Å². The Hall–Kier alpha value is -1.53. The van der Waals surface area contributed by atoms with Crippen molar-refractivity contribution < 1.29 is 9.90 Å². The zero-order valence-corrected chi connectivity index (χ0v) is 15.9. The number of fused-ring (bicyclic) bond motifs is 1. The average Bonchev–Trinajstić information content (AvgIpc) is 3.28. The average molecular weight is 358 g/mol. The van der Waals surface area contributed by atoms with Gasteiger partial charge in [-0.2, -0.15) is 0 Å². The fourth-order valence-electron chi connectivity index (χ4n) is 5.19. The van der Waals surface area contributed by atoms with Crippen LogP contribution in [0, 0.1) is 11.3 Å². The molecule has 0 unspecified atom stereocenters. The van der Waals surface area contributed by atoms with Crippen LogP contribution in [0.25, 0.3) is 0 Å². The van der Waals surface area contributed by atoms with Crippen LogP contribution in [0.3, 0.4) is 0 Å². The zero-order valence-electron chi connectivity index (χ0n) is 15.9. The molecule has 0 amide bonds. The Morgan fingerprint density at radius 1 is 1.31 bits per heavy atom. The topological polar surface area (TPSA) is 69.6 Å². The molecule has 1 aromatic rings. The first-order valence-electron chi connectivity index (χ1n) is 9.99. The Bertz CT molecular complexity index is 674. The van der Waals surface area contributed by atoms with Gasteiger partial charge < -0.3 is 5.11 Å². The fraction of sp³-hybridized carbons (Fsp3) is 0.750. The highest BCUT2D eigenvalue weighted by atomic mass is 16.4. The van der Waals surface area contributed by atoms with E-state index in [4.69, 9.17) is 0 Å². The highest BCUT2D eigenvalue weighted by molar-refractivity contribution is 5.77. The van der Waals surface area contributed by atoms with Crippen molar-refractivity contribution >= 4 is 5.97 Å². The SMILES string of the molecule is CC(C)c1nccc(CN2C[C@@H]3CN(C4CCCC4)C[C@]3(C(=O)O)C2)n1. The van der Waals surface area contributed by atoms with E-state index in [-0.39, 0.29) is 5.92 Å². The normalized spacial score (nSPS) is 30.3. The van der Waals surface area contributed by atoms with E-state index in [1.54, 1.807) is 0 Å². The largest absolute Gasteiger partial charge is 0.481 e. The van der Waals surface area contributed by atoms with Crippen LogP contribution in [-0.2, 0) is 11.3 Å². The molecular formula is C20H30N4O2. The van der Waals surface area contributed by atoms with Crippen molar-refractivity contribution in [1.82, 2.24) is 19.8 Å². The lowest BCUT2D eigenvalue weighted by atomic mass is 9.81. The van der Waals surface area contributed by atoms with E-state index in [1.807, 2.05) is 12.3 Å². The van der Waals surface area contributed by atoms with Gasteiger partial charge in [-0.1, -0.05) is 26.7 Å². The summed E-state index contributed by atoms with van der Waals surface area (Å²) >= 11 is 0. The van der Waals surface area contributed by atoms with Crippen LogP contribution in [0.1, 0.15) is 57.0 Å². The number of hydrogen-bond donors (Lipinski definition) is 1. The summed E-state index contributed by atoms with van der Waals surface area (Å²) in [7, 11) is 0. The molecule has 2 saturated heterocycles. The third-order valence-corrected chi connectivity index (χ3v) is 6.61. The van der Waals surface area contributed by atoms with Crippen molar-refractivity contribution in [3.05, 3.63) is 23.8 Å². The van der Waals surface area contributed by atoms with Crippen molar-refractivity contribution in [1.29, 1.82) is 0 Å². The summed E-state index contributed by atoms with van der Waals surface area (Å²) in [5.74, 6) is 0.781. The second-order valence-electron chi connectivity index (χ2n) is 8.76. The summed E-state index contributed by atoms with van der Waals surface area (Å²) in [5, 5.41) is 10.1. The summed E-state index contributed by atoms with van der Waals surface area (Å²) in [6.07, 6.45) is 6.90. The second kappa shape index (κ2) is 6.89. The van der Waals surface area contributed by atoms with E-state index >= 15 is 0 Å². The predicted molar refractivity (Wildman–Crippen MR) is 98.8 cm³/mol. The number of likely N-dealkylation sites (tertiary alicyclic amines) is 2. The minimum atomic E-state index is -0.615. The monoisotopic (exact) mass is 358 g/mol. The molecule has 26 heavy (non-hydrogen) atoms. The Morgan fingerprint density at radius 2 is 2.08 bits per heavy atom. The molecule has 3 heterocycles. The van der Waals surface area contributed by atoms with Crippen molar-refractivity contribution in [3.63, 3.8) is 0 Å². The molecule has 1 N–H and O–H groups in total. The number of rotatable bonds is 5. The summed E-state index contributed by atoms with van der Waals surface area (Å²) in [5.41, 5.74) is 0.396. The van der Waals surface area contributed by atoms with Gasteiger partial charge in [0.15, 0.2) is 0 Å². The molecule has 1 aliphatic carbocycles. The van der Waals surface area contributed by atoms with E-state index < -0.39 is 11.4 Å². The molecule has 0 aromatic carbocycles. The molecule has 4 rings (SSSR count). The van der Waals surface area contributed by atoms with E-state index in [2.05, 4.69) is 33.6 Å². The highest BCUT2D eigenvalue weighted by Gasteiger charge is 2.58. The van der Waals surface area contributed by atoms with Gasteiger partial charge in [0, 0.05) is 56.8 Å². The zero-order chi connectivity index (χ0) is 18.3. The van der Waals surface area contributed by atoms with Gasteiger partial charge >= 0.3 is 5.97 Å². The maximum absolute atomic E-state index is 12.2. The van der Waals surface area contributed by atoms with Gasteiger partial charge in [-0.3, -0.25) is 14.6 Å². The van der Waals surface area contributed by atoms with Gasteiger partial charge in [0.25, 0.3) is 0 Å². The van der Waals surface area contributed by atoms with Crippen molar-refractivity contribution in [2.24, 2.45) is 11.3 Å². The van der Waals surface area contributed by atoms with E-state index in [0.717, 1.165) is 37.7 Å². The first-order chi connectivity index (χ1) is 12.5. The van der Waals surface area contributed by atoms with Crippen molar-refractivity contribution in [3.8, 4) is 0 Å². The number of carbonyl (C=O) groups is 1. The second-order valence-corrected chi connectivity index (χ2v) is 8.76. The first kappa shape index (κ1) is 17.9. The maximum atomic E-state index is 12.2. The van der Waals surface area contributed by atoms with Gasteiger partial charge in [-0.25, -0.2) is 9.97 Å². The van der Waals surface area contributed by atoms with Crippen LogP contribution in [0.15, 0.2) is 12.3 Å². The number of hydrogen-bond acceptors (Lipinski definition) is 5. The lowest BCUT2D eigenvalue weighted by Crippen LogP contribution is -2.42. The lowest BCUT2D eigenvalue weighted by molar-refractivity contribution is -0.149. The van der Waals surface area contributed by atoms with E-state index in [1.165, 1.54) is 25.7 Å². The molecule has 2 aliphatic heterocycles. The van der Waals surface area contributed by atoms with Crippen LogP contribution < -0.4 is 0 Å². The summed E-state index contributed by atoms with van der Waals surface area (Å²) in [6, 6.07) is 2.57. The quantitative estimate of drug-likeness (QED) is 0.871. The summed E-state index contributed by atoms with van der Waals surface area (Å²) < 4.78 is 0. The Kier molecular flexibility index (Phi) is 4.73. The van der Waals surface area contributed by atoms with Crippen LogP contribution in [0.4, 0.5) is 0 Å². The number of nitrogens with zero attached hydrogens (tertiary/aromatic N) is 4. The van der Waals surface area contributed by atoms with Gasteiger partial charge in [0.1, 0.15) is 5.82 Å². The van der Waals surface area contributed by atoms with Crippen LogP contribution >= 0.6 is 0 Å². The predicted octanol–water partition coefficient (Wildman–Crippen LogP) is 2.36. The number of carboxylic acids is 1. The minimum absolute atomic E-state index is 0.229. The molecule has 3 fully saturated rings. The molecule has 1 aromatic heterocycles. The molecular weight excluding hydrogens is 328 g/mol. The van der Waals surface area contributed by atoms with E-state index in [0.29, 0.717) is 18.5 Å². The van der Waals surface area contributed by atoms with Gasteiger partial charge in [-0.15, -0.1) is 0 Å². The molecule has 142 valence electrons. The smallest absolute Gasteiger partial charge is 0.312 e. The number of aliphatic carboxylic acids is 1. The Labute approximate surface area is 155 Å². The standard InChI is InChI=1S/C20H30N4O2/c1-14(2)18-21-8-7-16(22-18)11-23-9-15-10-24(17-5-3-4-6-17)13-20(15,12-23)19(25)26/h7-8,14-15,17H,3-6,9-13H2,1-2H3,(H,25,26)/t15-,20-/m1/s1. The molecule has 6 heteroatoms. The summed E-state index contributed by atoms with van der Waals surface area (Å²) in [4.78, 5) is 26.0. The van der Waals surface area contributed by atoms with Crippen LogP contribution in [-0.4, -0.2) is 63.1 Å². The molecule has 0 spiro atoms. The number of aromatic nitrogens is 2. The fourth-order valence-corrected chi connectivity index (χ4v) is 5.19. The third-order valence-electron chi connectivity index (χ3n) is 6.61. The molecule has 0 bridgehead atoms. The maximum Gasteiger partial charge on any atom is 0.312 e. The molecule has 6 nitrogen and oxygen atoms in total. The molecule has 0 radical (unpaired) electrons.